The van der Waals surface area contributed by atoms with Crippen molar-refractivity contribution >= 4 is 34.2 Å². The smallest absolute Gasteiger partial charge is 0.254 e. The normalized spacial score (nSPS) is 11.3. The molecule has 0 bridgehead atoms. The molecule has 0 fully saturated rings. The minimum absolute atomic E-state index is 0.0172. The fourth-order valence-corrected chi connectivity index (χ4v) is 5.65. The molecule has 2 aliphatic rings. The van der Waals surface area contributed by atoms with Crippen LogP contribution in [0.3, 0.4) is 0 Å². The van der Waals surface area contributed by atoms with Gasteiger partial charge < -0.3 is 14.2 Å². The van der Waals surface area contributed by atoms with Gasteiger partial charge in [0.15, 0.2) is 0 Å². The Hall–Kier alpha value is -3.31. The molecule has 1 aliphatic heterocycles. The molecule has 2 aromatic carbocycles. The van der Waals surface area contributed by atoms with Crippen LogP contribution in [0.15, 0.2) is 59.0 Å². The van der Waals surface area contributed by atoms with E-state index in [4.69, 9.17) is 16.0 Å². The number of carbonyl (C=O) groups excluding carboxylic acids is 1. The molecule has 4 rings (SSSR count). The fourth-order valence-electron chi connectivity index (χ4n) is 5.48. The lowest BCUT2D eigenvalue weighted by Crippen LogP contribution is -2.31. The number of halogens is 1. The molecule has 206 valence electrons. The topological polar surface area (TPSA) is 39.7 Å². The minimum Gasteiger partial charge on any atom is -0.456 e. The number of hydrogen-bond donors (Lipinski definition) is 0. The van der Waals surface area contributed by atoms with Crippen LogP contribution >= 0.6 is 11.6 Å². The number of carbonyl (C=O) groups is 1. The highest BCUT2D eigenvalue weighted by molar-refractivity contribution is 6.17. The highest BCUT2D eigenvalue weighted by atomic mass is 35.5. The predicted molar refractivity (Wildman–Crippen MR) is 165 cm³/mol. The molecular weight excluding hydrogens is 506 g/mol. The van der Waals surface area contributed by atoms with Crippen LogP contribution in [-0.4, -0.2) is 50.1 Å². The van der Waals surface area contributed by atoms with E-state index in [0.717, 1.165) is 76.2 Å². The Balaban J connectivity index is 2.13. The van der Waals surface area contributed by atoms with E-state index in [1.54, 1.807) is 0 Å². The fraction of sp³-hybridized carbons (Fsp3) is 0.394. The second kappa shape index (κ2) is 12.7. The van der Waals surface area contributed by atoms with Gasteiger partial charge in [0.1, 0.15) is 24.4 Å². The molecule has 0 saturated carbocycles. The number of benzene rings is 3. The molecule has 0 unspecified atom stereocenters. The third-order valence-corrected chi connectivity index (χ3v) is 8.04. The number of amides is 1. The predicted octanol–water partition coefficient (Wildman–Crippen LogP) is 7.08. The van der Waals surface area contributed by atoms with E-state index in [1.807, 2.05) is 30.9 Å². The first kappa shape index (κ1) is 28.7. The van der Waals surface area contributed by atoms with Crippen LogP contribution in [0.4, 0.5) is 5.69 Å². The van der Waals surface area contributed by atoms with Gasteiger partial charge in [-0.15, -0.1) is 11.6 Å². The van der Waals surface area contributed by atoms with Gasteiger partial charge in [0.25, 0.3) is 5.91 Å². The third kappa shape index (κ3) is 5.56. The molecule has 6 heteroatoms. The van der Waals surface area contributed by atoms with Gasteiger partial charge >= 0.3 is 0 Å². The van der Waals surface area contributed by atoms with E-state index in [-0.39, 0.29) is 5.91 Å². The van der Waals surface area contributed by atoms with E-state index in [1.165, 1.54) is 0 Å². The number of anilines is 1. The maximum absolute atomic E-state index is 13.8. The first-order chi connectivity index (χ1) is 18.9. The summed E-state index contributed by atoms with van der Waals surface area (Å²) in [6.07, 6.45) is 0. The van der Waals surface area contributed by atoms with Gasteiger partial charge in [0.2, 0.25) is 5.36 Å². The Kier molecular flexibility index (Phi) is 9.34. The van der Waals surface area contributed by atoms with Crippen LogP contribution in [-0.2, 0) is 5.88 Å². The molecule has 39 heavy (non-hydrogen) atoms. The third-order valence-electron chi connectivity index (χ3n) is 7.73. The van der Waals surface area contributed by atoms with Crippen LogP contribution in [0.2, 0.25) is 0 Å². The summed E-state index contributed by atoms with van der Waals surface area (Å²) in [5, 5.41) is 2.11. The molecule has 0 radical (unpaired) electrons. The van der Waals surface area contributed by atoms with Crippen molar-refractivity contribution in [1.29, 1.82) is 0 Å². The summed E-state index contributed by atoms with van der Waals surface area (Å²) in [5.41, 5.74) is 6.43. The number of rotatable bonds is 10. The SMILES string of the molecule is CCN(CC)C(=O)c1cc(CCl)ccc1-c1c2ccc(=[N+](CC)CC)cc-2oc2cc(N(CC)CC)ccc12. The molecule has 0 spiro atoms. The van der Waals surface area contributed by atoms with Gasteiger partial charge in [-0.25, -0.2) is 4.58 Å². The lowest BCUT2D eigenvalue weighted by molar-refractivity contribution is 0.0773. The Bertz CT molecular complexity index is 1490. The van der Waals surface area contributed by atoms with E-state index in [0.29, 0.717) is 24.5 Å². The van der Waals surface area contributed by atoms with Crippen molar-refractivity contribution in [2.75, 3.05) is 44.2 Å². The summed E-state index contributed by atoms with van der Waals surface area (Å²) in [6.45, 7) is 17.6. The molecule has 1 heterocycles. The van der Waals surface area contributed by atoms with E-state index < -0.39 is 0 Å². The van der Waals surface area contributed by atoms with Gasteiger partial charge in [-0.3, -0.25) is 4.79 Å². The van der Waals surface area contributed by atoms with Crippen molar-refractivity contribution in [3.63, 3.8) is 0 Å². The average Bonchev–Trinajstić information content (AvgIpc) is 2.97. The summed E-state index contributed by atoms with van der Waals surface area (Å²) >= 11 is 6.24. The molecule has 0 saturated heterocycles. The standard InChI is InChI=1S/C33H41ClN3O2/c1-7-35(8-2)24-14-17-27-30(20-24)39-31-21-25(36(9-3)10-4)15-18-28(31)32(27)26-16-13-23(22-34)19-29(26)33(38)37(11-5)12-6/h13-21H,7-12,22H2,1-6H3/q+1. The highest BCUT2D eigenvalue weighted by Crippen LogP contribution is 2.42. The monoisotopic (exact) mass is 546 g/mol. The van der Waals surface area contributed by atoms with Gasteiger partial charge in [0, 0.05) is 72.0 Å². The van der Waals surface area contributed by atoms with Crippen molar-refractivity contribution < 1.29 is 9.21 Å². The molecule has 0 N–H and O–H groups in total. The van der Waals surface area contributed by atoms with Crippen molar-refractivity contribution in [2.24, 2.45) is 0 Å². The van der Waals surface area contributed by atoms with Gasteiger partial charge in [-0.1, -0.05) is 12.1 Å². The van der Waals surface area contributed by atoms with Gasteiger partial charge in [-0.05, 0) is 76.9 Å². The highest BCUT2D eigenvalue weighted by Gasteiger charge is 2.25. The molecule has 0 atom stereocenters. The number of hydrogen-bond acceptors (Lipinski definition) is 3. The summed E-state index contributed by atoms with van der Waals surface area (Å²) in [7, 11) is 0. The van der Waals surface area contributed by atoms with Gasteiger partial charge in [-0.2, -0.15) is 0 Å². The first-order valence-corrected chi connectivity index (χ1v) is 14.8. The molecular formula is C33H41ClN3O2+. The summed E-state index contributed by atoms with van der Waals surface area (Å²) in [5.74, 6) is 1.18. The van der Waals surface area contributed by atoms with Crippen LogP contribution in [0, 0.1) is 0 Å². The number of fused-ring (bicyclic) bond motifs is 2. The molecule has 0 aromatic heterocycles. The van der Waals surface area contributed by atoms with Crippen molar-refractivity contribution in [3.05, 3.63) is 71.1 Å². The van der Waals surface area contributed by atoms with Crippen LogP contribution in [0.1, 0.15) is 57.5 Å². The lowest BCUT2D eigenvalue weighted by atomic mass is 9.89. The Labute approximate surface area is 237 Å². The Morgan fingerprint density at radius 3 is 2.13 bits per heavy atom. The zero-order chi connectivity index (χ0) is 28.1. The Morgan fingerprint density at radius 2 is 1.51 bits per heavy atom. The number of alkyl halides is 1. The largest absolute Gasteiger partial charge is 0.456 e. The minimum atomic E-state index is 0.0172. The van der Waals surface area contributed by atoms with Crippen molar-refractivity contribution in [1.82, 2.24) is 9.48 Å². The van der Waals surface area contributed by atoms with E-state index in [9.17, 15) is 4.79 Å². The quantitative estimate of drug-likeness (QED) is 0.121. The second-order valence-corrected chi connectivity index (χ2v) is 9.94. The molecule has 1 amide bonds. The molecule has 2 aromatic rings. The number of nitrogens with zero attached hydrogens (tertiary/aromatic N) is 3. The summed E-state index contributed by atoms with van der Waals surface area (Å²) < 4.78 is 8.95. The zero-order valence-corrected chi connectivity index (χ0v) is 24.9. The van der Waals surface area contributed by atoms with E-state index in [2.05, 4.69) is 79.6 Å². The van der Waals surface area contributed by atoms with Crippen LogP contribution in [0.25, 0.3) is 33.4 Å². The Morgan fingerprint density at radius 1 is 0.821 bits per heavy atom. The maximum atomic E-state index is 13.8. The van der Waals surface area contributed by atoms with Crippen LogP contribution < -0.4 is 14.8 Å². The van der Waals surface area contributed by atoms with E-state index >= 15 is 0 Å². The molecule has 1 aliphatic carbocycles. The van der Waals surface area contributed by atoms with Gasteiger partial charge in [0.05, 0.1) is 6.07 Å². The maximum Gasteiger partial charge on any atom is 0.254 e. The zero-order valence-electron chi connectivity index (χ0n) is 24.2. The second-order valence-electron chi connectivity index (χ2n) is 9.67. The molecule has 5 nitrogen and oxygen atoms in total. The summed E-state index contributed by atoms with van der Waals surface area (Å²) in [4.78, 5) is 18.0. The average molecular weight is 547 g/mol. The van der Waals surface area contributed by atoms with Crippen molar-refractivity contribution in [2.45, 2.75) is 47.4 Å². The lowest BCUT2D eigenvalue weighted by Gasteiger charge is -2.24. The van der Waals surface area contributed by atoms with Crippen molar-refractivity contribution in [3.8, 4) is 22.5 Å². The first-order valence-electron chi connectivity index (χ1n) is 14.3. The van der Waals surface area contributed by atoms with Crippen LogP contribution in [0.5, 0.6) is 0 Å². The summed E-state index contributed by atoms with van der Waals surface area (Å²) in [6, 6.07) is 18.9.